The third kappa shape index (κ3) is 4.81. The molecule has 0 bridgehead atoms. The molecule has 1 fully saturated rings. The van der Waals surface area contributed by atoms with Gasteiger partial charge < -0.3 is 10.0 Å². The molecular formula is C11H19NO3. The van der Waals surface area contributed by atoms with E-state index in [0.717, 1.165) is 25.9 Å². The van der Waals surface area contributed by atoms with Crippen LogP contribution in [0, 0.1) is 0 Å². The molecular weight excluding hydrogens is 194 g/mol. The van der Waals surface area contributed by atoms with Crippen LogP contribution in [-0.2, 0) is 9.59 Å². The van der Waals surface area contributed by atoms with E-state index in [1.165, 1.54) is 12.8 Å². The highest BCUT2D eigenvalue weighted by atomic mass is 16.4. The first kappa shape index (κ1) is 12.0. The molecule has 0 spiro atoms. The molecule has 1 N–H and O–H groups in total. The summed E-state index contributed by atoms with van der Waals surface area (Å²) in [5.74, 6) is -0.697. The summed E-state index contributed by atoms with van der Waals surface area (Å²) in [6, 6.07) is 0. The van der Waals surface area contributed by atoms with Gasteiger partial charge in [-0.25, -0.2) is 0 Å². The van der Waals surface area contributed by atoms with E-state index in [-0.39, 0.29) is 12.3 Å². The predicted molar refractivity (Wildman–Crippen MR) is 56.5 cm³/mol. The van der Waals surface area contributed by atoms with Gasteiger partial charge in [-0.1, -0.05) is 12.8 Å². The summed E-state index contributed by atoms with van der Waals surface area (Å²) in [5.41, 5.74) is 0. The zero-order chi connectivity index (χ0) is 11.1. The standard InChI is InChI=1S/C11H19NO3/c13-10(6-5-7-11(14)15)12-8-3-1-2-4-9-12/h1-9H2,(H,14,15). The van der Waals surface area contributed by atoms with E-state index in [1.54, 1.807) is 0 Å². The number of amides is 1. The van der Waals surface area contributed by atoms with Crippen LogP contribution < -0.4 is 0 Å². The molecule has 1 aliphatic heterocycles. The van der Waals surface area contributed by atoms with Gasteiger partial charge in [0.2, 0.25) is 5.91 Å². The second-order valence-electron chi connectivity index (χ2n) is 4.04. The maximum atomic E-state index is 11.7. The van der Waals surface area contributed by atoms with Crippen LogP contribution in [0.1, 0.15) is 44.9 Å². The summed E-state index contributed by atoms with van der Waals surface area (Å²) < 4.78 is 0. The van der Waals surface area contributed by atoms with Crippen molar-refractivity contribution in [3.05, 3.63) is 0 Å². The third-order valence-corrected chi connectivity index (χ3v) is 2.74. The van der Waals surface area contributed by atoms with Crippen LogP contribution in [-0.4, -0.2) is 35.0 Å². The first-order chi connectivity index (χ1) is 7.20. The highest BCUT2D eigenvalue weighted by Gasteiger charge is 2.15. The summed E-state index contributed by atoms with van der Waals surface area (Å²) in [4.78, 5) is 23.8. The number of hydrogen-bond donors (Lipinski definition) is 1. The zero-order valence-electron chi connectivity index (χ0n) is 9.07. The summed E-state index contributed by atoms with van der Waals surface area (Å²) in [5, 5.41) is 8.46. The Morgan fingerprint density at radius 1 is 1.00 bits per heavy atom. The molecule has 0 aromatic carbocycles. The van der Waals surface area contributed by atoms with Crippen molar-refractivity contribution in [2.75, 3.05) is 13.1 Å². The fraction of sp³-hybridized carbons (Fsp3) is 0.818. The second-order valence-corrected chi connectivity index (χ2v) is 4.04. The number of rotatable bonds is 4. The van der Waals surface area contributed by atoms with Crippen molar-refractivity contribution in [2.45, 2.75) is 44.9 Å². The van der Waals surface area contributed by atoms with E-state index < -0.39 is 5.97 Å². The Balaban J connectivity index is 2.22. The van der Waals surface area contributed by atoms with Crippen LogP contribution in [0.5, 0.6) is 0 Å². The van der Waals surface area contributed by atoms with Crippen molar-refractivity contribution in [3.8, 4) is 0 Å². The van der Waals surface area contributed by atoms with Crippen molar-refractivity contribution in [1.29, 1.82) is 0 Å². The van der Waals surface area contributed by atoms with Gasteiger partial charge in [0.25, 0.3) is 0 Å². The Bertz CT molecular complexity index is 220. The van der Waals surface area contributed by atoms with Crippen LogP contribution in [0.25, 0.3) is 0 Å². The van der Waals surface area contributed by atoms with E-state index in [2.05, 4.69) is 0 Å². The highest BCUT2D eigenvalue weighted by molar-refractivity contribution is 5.77. The minimum Gasteiger partial charge on any atom is -0.481 e. The van der Waals surface area contributed by atoms with E-state index in [4.69, 9.17) is 5.11 Å². The summed E-state index contributed by atoms with van der Waals surface area (Å²) >= 11 is 0. The fourth-order valence-corrected chi connectivity index (χ4v) is 1.87. The number of carbonyl (C=O) groups is 2. The van der Waals surface area contributed by atoms with Gasteiger partial charge in [-0.3, -0.25) is 9.59 Å². The first-order valence-electron chi connectivity index (χ1n) is 5.70. The molecule has 0 aromatic rings. The third-order valence-electron chi connectivity index (χ3n) is 2.74. The van der Waals surface area contributed by atoms with Crippen LogP contribution in [0.2, 0.25) is 0 Å². The topological polar surface area (TPSA) is 57.6 Å². The molecule has 0 radical (unpaired) electrons. The normalized spacial score (nSPS) is 17.2. The molecule has 15 heavy (non-hydrogen) atoms. The Hall–Kier alpha value is -1.06. The van der Waals surface area contributed by atoms with E-state index in [9.17, 15) is 9.59 Å². The molecule has 4 nitrogen and oxygen atoms in total. The second kappa shape index (κ2) is 6.43. The van der Waals surface area contributed by atoms with Crippen LogP contribution >= 0.6 is 0 Å². The van der Waals surface area contributed by atoms with Gasteiger partial charge in [0.15, 0.2) is 0 Å². The van der Waals surface area contributed by atoms with Gasteiger partial charge in [0, 0.05) is 25.9 Å². The average Bonchev–Trinajstić information content (AvgIpc) is 2.44. The summed E-state index contributed by atoms with van der Waals surface area (Å²) in [7, 11) is 0. The summed E-state index contributed by atoms with van der Waals surface area (Å²) in [6.07, 6.45) is 5.53. The van der Waals surface area contributed by atoms with Crippen LogP contribution in [0.4, 0.5) is 0 Å². The van der Waals surface area contributed by atoms with Gasteiger partial charge in [0.1, 0.15) is 0 Å². The zero-order valence-corrected chi connectivity index (χ0v) is 9.07. The largest absolute Gasteiger partial charge is 0.481 e. The lowest BCUT2D eigenvalue weighted by molar-refractivity contribution is -0.137. The molecule has 4 heteroatoms. The molecule has 0 aliphatic carbocycles. The summed E-state index contributed by atoms with van der Waals surface area (Å²) in [6.45, 7) is 1.71. The predicted octanol–water partition coefficient (Wildman–Crippen LogP) is 1.64. The van der Waals surface area contributed by atoms with Gasteiger partial charge >= 0.3 is 5.97 Å². The molecule has 0 saturated carbocycles. The molecule has 0 aromatic heterocycles. The highest BCUT2D eigenvalue weighted by Crippen LogP contribution is 2.11. The SMILES string of the molecule is O=C(O)CCCC(=O)N1CCCCCC1. The van der Waals surface area contributed by atoms with Crippen molar-refractivity contribution in [1.82, 2.24) is 4.90 Å². The van der Waals surface area contributed by atoms with Gasteiger partial charge in [-0.05, 0) is 19.3 Å². The van der Waals surface area contributed by atoms with E-state index in [0.29, 0.717) is 12.8 Å². The van der Waals surface area contributed by atoms with Gasteiger partial charge in [-0.15, -0.1) is 0 Å². The fourth-order valence-electron chi connectivity index (χ4n) is 1.87. The lowest BCUT2D eigenvalue weighted by Gasteiger charge is -2.19. The molecule has 1 amide bonds. The minimum atomic E-state index is -0.821. The number of nitrogens with zero attached hydrogens (tertiary/aromatic N) is 1. The van der Waals surface area contributed by atoms with Crippen molar-refractivity contribution >= 4 is 11.9 Å². The number of hydrogen-bond acceptors (Lipinski definition) is 2. The molecule has 1 rings (SSSR count). The Morgan fingerprint density at radius 3 is 2.13 bits per heavy atom. The minimum absolute atomic E-state index is 0.0968. The monoisotopic (exact) mass is 213 g/mol. The van der Waals surface area contributed by atoms with Crippen LogP contribution in [0.3, 0.4) is 0 Å². The number of carbonyl (C=O) groups excluding carboxylic acids is 1. The number of carboxylic acids is 1. The Labute approximate surface area is 90.3 Å². The molecule has 1 saturated heterocycles. The molecule has 86 valence electrons. The van der Waals surface area contributed by atoms with Gasteiger partial charge in [0.05, 0.1) is 0 Å². The van der Waals surface area contributed by atoms with Gasteiger partial charge in [-0.2, -0.15) is 0 Å². The average molecular weight is 213 g/mol. The van der Waals surface area contributed by atoms with Crippen molar-refractivity contribution in [2.24, 2.45) is 0 Å². The molecule has 0 atom stereocenters. The Morgan fingerprint density at radius 2 is 1.60 bits per heavy atom. The maximum Gasteiger partial charge on any atom is 0.303 e. The smallest absolute Gasteiger partial charge is 0.303 e. The number of carboxylic acid groups (broad SMARTS) is 1. The van der Waals surface area contributed by atoms with Crippen LogP contribution in [0.15, 0.2) is 0 Å². The molecule has 1 aliphatic rings. The number of aliphatic carboxylic acids is 1. The lowest BCUT2D eigenvalue weighted by Crippen LogP contribution is -2.31. The van der Waals surface area contributed by atoms with E-state index in [1.807, 2.05) is 4.90 Å². The Kier molecular flexibility index (Phi) is 5.15. The first-order valence-corrected chi connectivity index (χ1v) is 5.70. The lowest BCUT2D eigenvalue weighted by atomic mass is 10.2. The number of likely N-dealkylation sites (tertiary alicyclic amines) is 1. The quantitative estimate of drug-likeness (QED) is 0.772. The molecule has 0 unspecified atom stereocenters. The van der Waals surface area contributed by atoms with Crippen molar-refractivity contribution in [3.63, 3.8) is 0 Å². The molecule has 1 heterocycles. The maximum absolute atomic E-state index is 11.7. The van der Waals surface area contributed by atoms with Crippen molar-refractivity contribution < 1.29 is 14.7 Å². The van der Waals surface area contributed by atoms with E-state index >= 15 is 0 Å².